The van der Waals surface area contributed by atoms with Crippen LogP contribution in [0.5, 0.6) is 0 Å². The predicted octanol–water partition coefficient (Wildman–Crippen LogP) is 3.76. The first kappa shape index (κ1) is 20.6. The lowest BCUT2D eigenvalue weighted by Gasteiger charge is -2.31. The van der Waals surface area contributed by atoms with Crippen molar-refractivity contribution in [2.24, 2.45) is 11.3 Å². The summed E-state index contributed by atoms with van der Waals surface area (Å²) in [4.78, 5) is 39.1. The third-order valence-electron chi connectivity index (χ3n) is 4.88. The third-order valence-corrected chi connectivity index (χ3v) is 4.88. The molecule has 7 nitrogen and oxygen atoms in total. The van der Waals surface area contributed by atoms with Gasteiger partial charge in [-0.25, -0.2) is 0 Å². The van der Waals surface area contributed by atoms with Crippen LogP contribution in [0.1, 0.15) is 44.2 Å². The minimum absolute atomic E-state index is 0.0969. The molecule has 2 heterocycles. The van der Waals surface area contributed by atoms with Gasteiger partial charge in [-0.1, -0.05) is 26.8 Å². The van der Waals surface area contributed by atoms with E-state index in [-0.39, 0.29) is 29.4 Å². The zero-order valence-corrected chi connectivity index (χ0v) is 17.0. The third kappa shape index (κ3) is 5.25. The molecule has 1 aliphatic heterocycles. The molecule has 1 aliphatic rings. The van der Waals surface area contributed by atoms with E-state index in [2.05, 4.69) is 10.6 Å². The summed E-state index contributed by atoms with van der Waals surface area (Å²) in [6.07, 6.45) is 2.94. The van der Waals surface area contributed by atoms with Gasteiger partial charge in [-0.2, -0.15) is 0 Å². The topological polar surface area (TPSA) is 91.7 Å². The van der Waals surface area contributed by atoms with Crippen LogP contribution in [-0.2, 0) is 9.59 Å². The van der Waals surface area contributed by atoms with Crippen molar-refractivity contribution < 1.29 is 18.8 Å². The fourth-order valence-corrected chi connectivity index (χ4v) is 3.17. The molecule has 1 fully saturated rings. The number of likely N-dealkylation sites (tertiary alicyclic amines) is 1. The van der Waals surface area contributed by atoms with Gasteiger partial charge in [-0.05, 0) is 43.2 Å². The molecule has 1 aromatic heterocycles. The molecular weight excluding hydrogens is 370 g/mol. The van der Waals surface area contributed by atoms with E-state index in [0.29, 0.717) is 30.9 Å². The first-order valence-corrected chi connectivity index (χ1v) is 9.79. The zero-order valence-electron chi connectivity index (χ0n) is 17.0. The molecule has 1 atom stereocenters. The first-order valence-electron chi connectivity index (χ1n) is 9.79. The second-order valence-electron chi connectivity index (χ2n) is 8.34. The van der Waals surface area contributed by atoms with Crippen LogP contribution in [0.4, 0.5) is 11.4 Å². The van der Waals surface area contributed by atoms with Crippen LogP contribution in [0.3, 0.4) is 0 Å². The van der Waals surface area contributed by atoms with Gasteiger partial charge in [0.25, 0.3) is 5.91 Å². The van der Waals surface area contributed by atoms with Gasteiger partial charge in [0.1, 0.15) is 0 Å². The van der Waals surface area contributed by atoms with Gasteiger partial charge in [0.2, 0.25) is 11.8 Å². The number of furan rings is 1. The van der Waals surface area contributed by atoms with Gasteiger partial charge in [0.05, 0.1) is 12.2 Å². The largest absolute Gasteiger partial charge is 0.459 e. The molecule has 2 aromatic rings. The first-order chi connectivity index (χ1) is 13.7. The molecule has 29 heavy (non-hydrogen) atoms. The van der Waals surface area contributed by atoms with Gasteiger partial charge in [0, 0.05) is 29.9 Å². The Balaban J connectivity index is 1.62. The summed E-state index contributed by atoms with van der Waals surface area (Å²) in [5.74, 6) is -0.440. The van der Waals surface area contributed by atoms with Crippen molar-refractivity contribution in [3.05, 3.63) is 48.4 Å². The van der Waals surface area contributed by atoms with E-state index in [1.165, 1.54) is 6.26 Å². The summed E-state index contributed by atoms with van der Waals surface area (Å²) in [5, 5.41) is 5.77. The average Bonchev–Trinajstić information content (AvgIpc) is 3.22. The van der Waals surface area contributed by atoms with Crippen LogP contribution < -0.4 is 10.6 Å². The monoisotopic (exact) mass is 397 g/mol. The lowest BCUT2D eigenvalue weighted by atomic mass is 9.95. The number of nitrogens with zero attached hydrogens (tertiary/aromatic N) is 1. The summed E-state index contributed by atoms with van der Waals surface area (Å²) >= 11 is 0. The number of rotatable bonds is 4. The number of nitrogens with one attached hydrogen (secondary N) is 2. The summed E-state index contributed by atoms with van der Waals surface area (Å²) in [6.45, 7) is 6.48. The molecule has 0 spiro atoms. The van der Waals surface area contributed by atoms with Crippen LogP contribution in [0, 0.1) is 11.3 Å². The van der Waals surface area contributed by atoms with E-state index < -0.39 is 5.41 Å². The van der Waals surface area contributed by atoms with Crippen molar-refractivity contribution in [1.82, 2.24) is 4.90 Å². The van der Waals surface area contributed by atoms with Crippen molar-refractivity contribution in [3.8, 4) is 0 Å². The van der Waals surface area contributed by atoms with Crippen molar-refractivity contribution in [2.75, 3.05) is 23.7 Å². The van der Waals surface area contributed by atoms with E-state index in [1.807, 2.05) is 20.8 Å². The van der Waals surface area contributed by atoms with Crippen molar-refractivity contribution in [3.63, 3.8) is 0 Å². The standard InChI is InChI=1S/C22H27N3O4/c1-22(2,3)21(28)24-17-9-4-8-16(13-17)23-19(26)15-7-5-11-25(14-15)20(27)18-10-6-12-29-18/h4,6,8-10,12-13,15H,5,7,11,14H2,1-3H3,(H,23,26)(H,24,28). The Labute approximate surface area is 170 Å². The molecule has 1 aromatic carbocycles. The van der Waals surface area contributed by atoms with E-state index >= 15 is 0 Å². The summed E-state index contributed by atoms with van der Waals surface area (Å²) in [6, 6.07) is 10.4. The lowest BCUT2D eigenvalue weighted by Crippen LogP contribution is -2.43. The molecule has 3 amide bonds. The average molecular weight is 397 g/mol. The minimum atomic E-state index is -0.509. The van der Waals surface area contributed by atoms with Crippen LogP contribution >= 0.6 is 0 Å². The summed E-state index contributed by atoms with van der Waals surface area (Å²) in [5.41, 5.74) is 0.725. The Bertz CT molecular complexity index is 884. The molecule has 1 unspecified atom stereocenters. The maximum Gasteiger partial charge on any atom is 0.289 e. The van der Waals surface area contributed by atoms with E-state index in [1.54, 1.807) is 41.3 Å². The number of piperidine rings is 1. The highest BCUT2D eigenvalue weighted by Gasteiger charge is 2.30. The fraction of sp³-hybridized carbons (Fsp3) is 0.409. The number of amides is 3. The van der Waals surface area contributed by atoms with Gasteiger partial charge in [-0.3, -0.25) is 14.4 Å². The van der Waals surface area contributed by atoms with Crippen molar-refractivity contribution >= 4 is 29.1 Å². The smallest absolute Gasteiger partial charge is 0.289 e. The second kappa shape index (κ2) is 8.51. The van der Waals surface area contributed by atoms with Crippen molar-refractivity contribution in [1.29, 1.82) is 0 Å². The van der Waals surface area contributed by atoms with E-state index in [0.717, 1.165) is 6.42 Å². The molecule has 2 N–H and O–H groups in total. The van der Waals surface area contributed by atoms with E-state index in [9.17, 15) is 14.4 Å². The normalized spacial score (nSPS) is 16.9. The van der Waals surface area contributed by atoms with Gasteiger partial charge >= 0.3 is 0 Å². The minimum Gasteiger partial charge on any atom is -0.459 e. The van der Waals surface area contributed by atoms with Gasteiger partial charge in [0.15, 0.2) is 5.76 Å². The SMILES string of the molecule is CC(C)(C)C(=O)Nc1cccc(NC(=O)C2CCCN(C(=O)c3ccco3)C2)c1. The maximum atomic E-state index is 12.8. The number of hydrogen-bond donors (Lipinski definition) is 2. The number of carbonyl (C=O) groups is 3. The van der Waals surface area contributed by atoms with Crippen LogP contribution in [0.15, 0.2) is 47.1 Å². The van der Waals surface area contributed by atoms with Crippen molar-refractivity contribution in [2.45, 2.75) is 33.6 Å². The highest BCUT2D eigenvalue weighted by Crippen LogP contribution is 2.23. The Morgan fingerprint density at radius 3 is 2.45 bits per heavy atom. The van der Waals surface area contributed by atoms with Crippen LogP contribution in [0.25, 0.3) is 0 Å². The lowest BCUT2D eigenvalue weighted by molar-refractivity contribution is -0.123. The summed E-state index contributed by atoms with van der Waals surface area (Å²) < 4.78 is 5.18. The summed E-state index contributed by atoms with van der Waals surface area (Å²) in [7, 11) is 0. The molecule has 1 saturated heterocycles. The highest BCUT2D eigenvalue weighted by atomic mass is 16.3. The van der Waals surface area contributed by atoms with Gasteiger partial charge in [-0.15, -0.1) is 0 Å². The number of carbonyl (C=O) groups excluding carboxylic acids is 3. The molecule has 7 heteroatoms. The Hall–Kier alpha value is -3.09. The molecule has 154 valence electrons. The second-order valence-corrected chi connectivity index (χ2v) is 8.34. The maximum absolute atomic E-state index is 12.8. The quantitative estimate of drug-likeness (QED) is 0.822. The molecule has 0 aliphatic carbocycles. The number of benzene rings is 1. The molecule has 0 saturated carbocycles. The predicted molar refractivity (Wildman–Crippen MR) is 110 cm³/mol. The zero-order chi connectivity index (χ0) is 21.0. The Morgan fingerprint density at radius 1 is 1.07 bits per heavy atom. The number of hydrogen-bond acceptors (Lipinski definition) is 4. The van der Waals surface area contributed by atoms with Crippen LogP contribution in [-0.4, -0.2) is 35.7 Å². The fourth-order valence-electron chi connectivity index (χ4n) is 3.17. The Morgan fingerprint density at radius 2 is 1.79 bits per heavy atom. The van der Waals surface area contributed by atoms with Crippen LogP contribution in [0.2, 0.25) is 0 Å². The molecule has 0 radical (unpaired) electrons. The van der Waals surface area contributed by atoms with Gasteiger partial charge < -0.3 is 20.0 Å². The Kier molecular flexibility index (Phi) is 6.06. The molecule has 3 rings (SSSR count). The molecule has 0 bridgehead atoms. The number of anilines is 2. The molecular formula is C22H27N3O4. The van der Waals surface area contributed by atoms with E-state index in [4.69, 9.17) is 4.42 Å². The highest BCUT2D eigenvalue weighted by molar-refractivity contribution is 5.97.